The summed E-state index contributed by atoms with van der Waals surface area (Å²) < 4.78 is 0. The maximum atomic E-state index is 4.16. The highest BCUT2D eigenvalue weighted by atomic mass is 15.3. The molecule has 0 unspecified atom stereocenters. The summed E-state index contributed by atoms with van der Waals surface area (Å²) >= 11 is 0. The highest BCUT2D eigenvalue weighted by molar-refractivity contribution is 5.81. The first-order chi connectivity index (χ1) is 5.31. The molecule has 11 heavy (non-hydrogen) atoms. The van der Waals surface area contributed by atoms with E-state index in [9.17, 15) is 0 Å². The van der Waals surface area contributed by atoms with Crippen molar-refractivity contribution in [3.05, 3.63) is 0 Å². The molecule has 0 amide bonds. The molecule has 0 aliphatic rings. The summed E-state index contributed by atoms with van der Waals surface area (Å²) in [5, 5.41) is 7.28. The molecular formula is C8H19N3. The van der Waals surface area contributed by atoms with E-state index < -0.39 is 0 Å². The van der Waals surface area contributed by atoms with Crippen molar-refractivity contribution >= 4 is 5.71 Å². The van der Waals surface area contributed by atoms with E-state index in [1.807, 2.05) is 6.92 Å². The molecule has 0 saturated heterocycles. The molecule has 2 N–H and O–H groups in total. The molecule has 0 radical (unpaired) electrons. The van der Waals surface area contributed by atoms with Crippen molar-refractivity contribution < 1.29 is 0 Å². The van der Waals surface area contributed by atoms with Gasteiger partial charge in [-0.25, -0.2) is 0 Å². The Balaban J connectivity index is 3.24. The number of nitrogens with zero attached hydrogens (tertiary/aromatic N) is 1. The molecule has 0 aromatic carbocycles. The van der Waals surface area contributed by atoms with Gasteiger partial charge < -0.3 is 0 Å². The lowest BCUT2D eigenvalue weighted by molar-refractivity contribution is 0.620. The standard InChI is InChI=1S/C8H19N3/c1-4-6-8(3)11-10-7-9-5-2/h9-10H,4-7H2,1-3H3/b11-8+. The van der Waals surface area contributed by atoms with Gasteiger partial charge in [-0.15, -0.1) is 0 Å². The van der Waals surface area contributed by atoms with E-state index in [-0.39, 0.29) is 0 Å². The van der Waals surface area contributed by atoms with Crippen molar-refractivity contribution in [1.29, 1.82) is 0 Å². The van der Waals surface area contributed by atoms with Crippen molar-refractivity contribution in [2.75, 3.05) is 13.2 Å². The van der Waals surface area contributed by atoms with Crippen LogP contribution in [0, 0.1) is 0 Å². The van der Waals surface area contributed by atoms with Gasteiger partial charge in [0.15, 0.2) is 0 Å². The molecule has 0 aromatic rings. The Kier molecular flexibility index (Phi) is 7.15. The SMILES string of the molecule is CCC/C(C)=N/NCNCC. The Hall–Kier alpha value is -0.570. The van der Waals surface area contributed by atoms with E-state index in [0.717, 1.165) is 26.1 Å². The highest BCUT2D eigenvalue weighted by Gasteiger charge is 1.86. The van der Waals surface area contributed by atoms with Gasteiger partial charge >= 0.3 is 0 Å². The lowest BCUT2D eigenvalue weighted by Crippen LogP contribution is -2.25. The summed E-state index contributed by atoms with van der Waals surface area (Å²) in [4.78, 5) is 0. The molecule has 0 aliphatic carbocycles. The smallest absolute Gasteiger partial charge is 0.0823 e. The van der Waals surface area contributed by atoms with Gasteiger partial charge in [0.25, 0.3) is 0 Å². The molecule has 0 heterocycles. The molecule has 3 nitrogen and oxygen atoms in total. The van der Waals surface area contributed by atoms with Crippen LogP contribution in [0.5, 0.6) is 0 Å². The Labute approximate surface area is 69.3 Å². The van der Waals surface area contributed by atoms with Gasteiger partial charge in [-0.3, -0.25) is 10.7 Å². The van der Waals surface area contributed by atoms with Crippen molar-refractivity contribution in [3.63, 3.8) is 0 Å². The number of hydrogen-bond donors (Lipinski definition) is 2. The van der Waals surface area contributed by atoms with E-state index in [0.29, 0.717) is 0 Å². The largest absolute Gasteiger partial charge is 0.299 e. The lowest BCUT2D eigenvalue weighted by Gasteiger charge is -2.01. The van der Waals surface area contributed by atoms with Gasteiger partial charge in [0.2, 0.25) is 0 Å². The Morgan fingerprint density at radius 1 is 1.36 bits per heavy atom. The fraction of sp³-hybridized carbons (Fsp3) is 0.875. The predicted molar refractivity (Wildman–Crippen MR) is 49.7 cm³/mol. The topological polar surface area (TPSA) is 36.4 Å². The molecule has 3 heteroatoms. The van der Waals surface area contributed by atoms with Gasteiger partial charge in [0.05, 0.1) is 6.67 Å². The lowest BCUT2D eigenvalue weighted by atomic mass is 10.2. The van der Waals surface area contributed by atoms with E-state index in [4.69, 9.17) is 0 Å². The number of hydrogen-bond acceptors (Lipinski definition) is 3. The second kappa shape index (κ2) is 7.54. The number of rotatable bonds is 6. The fourth-order valence-corrected chi connectivity index (χ4v) is 0.773. The minimum absolute atomic E-state index is 0.761. The van der Waals surface area contributed by atoms with Crippen molar-refractivity contribution in [3.8, 4) is 0 Å². The van der Waals surface area contributed by atoms with Crippen molar-refractivity contribution in [1.82, 2.24) is 10.7 Å². The Bertz CT molecular complexity index is 110. The van der Waals surface area contributed by atoms with Crippen molar-refractivity contribution in [2.45, 2.75) is 33.6 Å². The summed E-state index contributed by atoms with van der Waals surface area (Å²) in [5.41, 5.74) is 4.12. The van der Waals surface area contributed by atoms with Gasteiger partial charge in [-0.2, -0.15) is 5.10 Å². The normalized spacial score (nSPS) is 11.7. The Morgan fingerprint density at radius 2 is 2.09 bits per heavy atom. The molecule has 0 spiro atoms. The van der Waals surface area contributed by atoms with Gasteiger partial charge in [-0.05, 0) is 19.9 Å². The highest BCUT2D eigenvalue weighted by Crippen LogP contribution is 1.88. The third-order valence-electron chi connectivity index (χ3n) is 1.34. The summed E-state index contributed by atoms with van der Waals surface area (Å²) in [5.74, 6) is 0. The fourth-order valence-electron chi connectivity index (χ4n) is 0.773. The molecule has 0 fully saturated rings. The molecule has 0 rings (SSSR count). The maximum absolute atomic E-state index is 4.16. The van der Waals surface area contributed by atoms with Crippen molar-refractivity contribution in [2.24, 2.45) is 5.10 Å². The van der Waals surface area contributed by atoms with Gasteiger partial charge in [0, 0.05) is 5.71 Å². The van der Waals surface area contributed by atoms with Gasteiger partial charge in [-0.1, -0.05) is 20.3 Å². The zero-order chi connectivity index (χ0) is 8.53. The molecule has 0 saturated carbocycles. The number of nitrogens with one attached hydrogen (secondary N) is 2. The second-order valence-corrected chi connectivity index (χ2v) is 2.54. The van der Waals surface area contributed by atoms with Crippen LogP contribution < -0.4 is 10.7 Å². The molecule has 0 aromatic heterocycles. The first kappa shape index (κ1) is 10.4. The molecule has 0 atom stereocenters. The average Bonchev–Trinajstić information content (AvgIpc) is 1.99. The average molecular weight is 157 g/mol. The maximum Gasteiger partial charge on any atom is 0.0823 e. The summed E-state index contributed by atoms with van der Waals surface area (Å²) in [6.45, 7) is 8.02. The van der Waals surface area contributed by atoms with Crippen LogP contribution >= 0.6 is 0 Å². The number of hydrazone groups is 1. The predicted octanol–water partition coefficient (Wildman–Crippen LogP) is 1.32. The van der Waals surface area contributed by atoms with Crippen LogP contribution in [0.4, 0.5) is 0 Å². The van der Waals surface area contributed by atoms with Crippen LogP contribution in [0.3, 0.4) is 0 Å². The van der Waals surface area contributed by atoms with E-state index in [1.165, 1.54) is 5.71 Å². The summed E-state index contributed by atoms with van der Waals surface area (Å²) in [6.07, 6.45) is 2.25. The molecule has 0 bridgehead atoms. The monoisotopic (exact) mass is 157 g/mol. The zero-order valence-corrected chi connectivity index (χ0v) is 7.78. The first-order valence-electron chi connectivity index (χ1n) is 4.28. The summed E-state index contributed by atoms with van der Waals surface area (Å²) in [6, 6.07) is 0. The van der Waals surface area contributed by atoms with Crippen LogP contribution in [0.2, 0.25) is 0 Å². The molecular weight excluding hydrogens is 138 g/mol. The van der Waals surface area contributed by atoms with Crippen LogP contribution in [0.25, 0.3) is 0 Å². The van der Waals surface area contributed by atoms with Crippen LogP contribution in [0.15, 0.2) is 5.10 Å². The first-order valence-corrected chi connectivity index (χ1v) is 4.28. The third-order valence-corrected chi connectivity index (χ3v) is 1.34. The Morgan fingerprint density at radius 3 is 2.64 bits per heavy atom. The van der Waals surface area contributed by atoms with Crippen LogP contribution in [0.1, 0.15) is 33.6 Å². The van der Waals surface area contributed by atoms with Crippen LogP contribution in [-0.2, 0) is 0 Å². The quantitative estimate of drug-likeness (QED) is 0.264. The third kappa shape index (κ3) is 7.33. The zero-order valence-electron chi connectivity index (χ0n) is 7.78. The minimum Gasteiger partial charge on any atom is -0.299 e. The minimum atomic E-state index is 0.761. The molecule has 66 valence electrons. The van der Waals surface area contributed by atoms with Crippen LogP contribution in [-0.4, -0.2) is 18.9 Å². The van der Waals surface area contributed by atoms with E-state index >= 15 is 0 Å². The van der Waals surface area contributed by atoms with E-state index in [2.05, 4.69) is 29.7 Å². The van der Waals surface area contributed by atoms with E-state index in [1.54, 1.807) is 0 Å². The van der Waals surface area contributed by atoms with Gasteiger partial charge in [0.1, 0.15) is 0 Å². The second-order valence-electron chi connectivity index (χ2n) is 2.54. The summed E-state index contributed by atoms with van der Waals surface area (Å²) in [7, 11) is 0. The molecule has 0 aliphatic heterocycles.